The second kappa shape index (κ2) is 6.91. The lowest BCUT2D eigenvalue weighted by Gasteiger charge is -2.14. The first-order valence-electron chi connectivity index (χ1n) is 8.02. The van der Waals surface area contributed by atoms with Gasteiger partial charge in [0.1, 0.15) is 0 Å². The van der Waals surface area contributed by atoms with Crippen molar-refractivity contribution in [2.45, 2.75) is 0 Å². The summed E-state index contributed by atoms with van der Waals surface area (Å²) >= 11 is 9.84. The SMILES string of the molecule is Clc1ccc(-c2c(Br)cc(-c3ccccc3)n2-c2ccccc2)cc1. The molecular weight excluding hydrogens is 394 g/mol. The molecule has 0 aliphatic heterocycles. The number of aromatic nitrogens is 1. The van der Waals surface area contributed by atoms with Crippen molar-refractivity contribution in [1.82, 2.24) is 4.57 Å². The molecule has 0 unspecified atom stereocenters. The van der Waals surface area contributed by atoms with Gasteiger partial charge in [-0.15, -0.1) is 0 Å². The van der Waals surface area contributed by atoms with Crippen molar-refractivity contribution in [3.8, 4) is 28.2 Å². The van der Waals surface area contributed by atoms with Gasteiger partial charge in [0.2, 0.25) is 0 Å². The van der Waals surface area contributed by atoms with Crippen molar-refractivity contribution in [1.29, 1.82) is 0 Å². The number of hydrogen-bond acceptors (Lipinski definition) is 0. The van der Waals surface area contributed by atoms with E-state index in [1.807, 2.05) is 24.3 Å². The van der Waals surface area contributed by atoms with Crippen LogP contribution >= 0.6 is 27.5 Å². The summed E-state index contributed by atoms with van der Waals surface area (Å²) in [6.45, 7) is 0. The standard InChI is InChI=1S/C22H15BrClN/c23-20-15-21(16-7-3-1-4-8-16)25(19-9-5-2-6-10-19)22(20)17-11-13-18(24)14-12-17/h1-15H. The number of benzene rings is 3. The molecule has 0 N–H and O–H groups in total. The van der Waals surface area contributed by atoms with E-state index >= 15 is 0 Å². The smallest absolute Gasteiger partial charge is 0.0677 e. The third-order valence-electron chi connectivity index (χ3n) is 4.16. The molecule has 0 amide bonds. The zero-order chi connectivity index (χ0) is 17.2. The summed E-state index contributed by atoms with van der Waals surface area (Å²) in [6, 6.07) is 31.0. The van der Waals surface area contributed by atoms with Crippen LogP contribution in [0.1, 0.15) is 0 Å². The molecule has 0 saturated heterocycles. The van der Waals surface area contributed by atoms with Crippen LogP contribution in [0.15, 0.2) is 95.5 Å². The Bertz CT molecular complexity index is 990. The minimum Gasteiger partial charge on any atom is -0.308 e. The van der Waals surface area contributed by atoms with Gasteiger partial charge in [-0.25, -0.2) is 0 Å². The lowest BCUT2D eigenvalue weighted by Crippen LogP contribution is -1.99. The summed E-state index contributed by atoms with van der Waals surface area (Å²) in [6.07, 6.45) is 0. The molecule has 25 heavy (non-hydrogen) atoms. The monoisotopic (exact) mass is 407 g/mol. The van der Waals surface area contributed by atoms with Gasteiger partial charge in [0.05, 0.1) is 11.4 Å². The first-order valence-corrected chi connectivity index (χ1v) is 9.19. The maximum atomic E-state index is 6.08. The fourth-order valence-corrected chi connectivity index (χ4v) is 3.77. The zero-order valence-electron chi connectivity index (χ0n) is 13.4. The van der Waals surface area contributed by atoms with Crippen LogP contribution in [0.25, 0.3) is 28.2 Å². The van der Waals surface area contributed by atoms with Crippen molar-refractivity contribution in [2.24, 2.45) is 0 Å². The van der Waals surface area contributed by atoms with Crippen LogP contribution in [0.4, 0.5) is 0 Å². The van der Waals surface area contributed by atoms with Gasteiger partial charge >= 0.3 is 0 Å². The van der Waals surface area contributed by atoms with Crippen LogP contribution in [-0.2, 0) is 0 Å². The molecule has 3 aromatic carbocycles. The van der Waals surface area contributed by atoms with Gasteiger partial charge in [0.25, 0.3) is 0 Å². The lowest BCUT2D eigenvalue weighted by molar-refractivity contribution is 1.09. The molecule has 0 fully saturated rings. The number of rotatable bonds is 3. The Balaban J connectivity index is 2.01. The van der Waals surface area contributed by atoms with E-state index in [9.17, 15) is 0 Å². The molecule has 4 rings (SSSR count). The van der Waals surface area contributed by atoms with Crippen LogP contribution in [0.2, 0.25) is 5.02 Å². The quantitative estimate of drug-likeness (QED) is 0.337. The average molecular weight is 409 g/mol. The second-order valence-corrected chi connectivity index (χ2v) is 7.06. The highest BCUT2D eigenvalue weighted by atomic mass is 79.9. The molecule has 122 valence electrons. The van der Waals surface area contributed by atoms with Gasteiger partial charge in [-0.1, -0.05) is 72.3 Å². The zero-order valence-corrected chi connectivity index (χ0v) is 15.7. The maximum absolute atomic E-state index is 6.08. The van der Waals surface area contributed by atoms with Gasteiger partial charge in [-0.3, -0.25) is 0 Å². The summed E-state index contributed by atoms with van der Waals surface area (Å²) < 4.78 is 3.33. The van der Waals surface area contributed by atoms with Crippen LogP contribution in [0, 0.1) is 0 Å². The summed E-state index contributed by atoms with van der Waals surface area (Å²) in [5.74, 6) is 0. The molecule has 0 radical (unpaired) electrons. The van der Waals surface area contributed by atoms with E-state index < -0.39 is 0 Å². The third-order valence-corrected chi connectivity index (χ3v) is 5.01. The Labute approximate surface area is 160 Å². The normalized spacial score (nSPS) is 10.8. The number of hydrogen-bond donors (Lipinski definition) is 0. The van der Waals surface area contributed by atoms with E-state index in [-0.39, 0.29) is 0 Å². The van der Waals surface area contributed by atoms with Crippen molar-refractivity contribution in [2.75, 3.05) is 0 Å². The van der Waals surface area contributed by atoms with Crippen LogP contribution < -0.4 is 0 Å². The minimum atomic E-state index is 0.737. The average Bonchev–Trinajstić information content (AvgIpc) is 3.01. The molecule has 1 heterocycles. The van der Waals surface area contributed by atoms with E-state index in [4.69, 9.17) is 11.6 Å². The molecule has 0 saturated carbocycles. The van der Waals surface area contributed by atoms with E-state index in [1.54, 1.807) is 0 Å². The van der Waals surface area contributed by atoms with E-state index in [1.165, 1.54) is 5.56 Å². The number of halogens is 2. The summed E-state index contributed by atoms with van der Waals surface area (Å²) in [4.78, 5) is 0. The Morgan fingerprint density at radius 2 is 1.28 bits per heavy atom. The highest BCUT2D eigenvalue weighted by Gasteiger charge is 2.17. The van der Waals surface area contributed by atoms with Crippen molar-refractivity contribution in [3.05, 3.63) is 100 Å². The topological polar surface area (TPSA) is 4.93 Å². The number of nitrogens with zero attached hydrogens (tertiary/aromatic N) is 1. The van der Waals surface area contributed by atoms with Gasteiger partial charge in [-0.05, 0) is 57.4 Å². The molecule has 1 nitrogen and oxygen atoms in total. The second-order valence-electron chi connectivity index (χ2n) is 5.77. The first kappa shape index (κ1) is 16.2. The molecule has 0 bridgehead atoms. The highest BCUT2D eigenvalue weighted by Crippen LogP contribution is 2.38. The fourth-order valence-electron chi connectivity index (χ4n) is 3.02. The molecule has 3 heteroatoms. The molecule has 0 atom stereocenters. The third kappa shape index (κ3) is 3.15. The van der Waals surface area contributed by atoms with Crippen LogP contribution in [0.5, 0.6) is 0 Å². The predicted octanol–water partition coefficient (Wildman–Crippen LogP) is 7.23. The number of para-hydroxylation sites is 1. The Morgan fingerprint density at radius 3 is 1.92 bits per heavy atom. The predicted molar refractivity (Wildman–Crippen MR) is 109 cm³/mol. The highest BCUT2D eigenvalue weighted by molar-refractivity contribution is 9.10. The summed E-state index contributed by atoms with van der Waals surface area (Å²) in [7, 11) is 0. The van der Waals surface area contributed by atoms with Gasteiger partial charge < -0.3 is 4.57 Å². The van der Waals surface area contributed by atoms with E-state index in [2.05, 4.69) is 87.2 Å². The Hall–Kier alpha value is -2.29. The molecular formula is C22H15BrClN. The maximum Gasteiger partial charge on any atom is 0.0677 e. The van der Waals surface area contributed by atoms with Crippen molar-refractivity contribution >= 4 is 27.5 Å². The summed E-state index contributed by atoms with van der Waals surface area (Å²) in [5, 5.41) is 0.737. The summed E-state index contributed by atoms with van der Waals surface area (Å²) in [5.41, 5.74) is 5.66. The van der Waals surface area contributed by atoms with Crippen molar-refractivity contribution in [3.63, 3.8) is 0 Å². The van der Waals surface area contributed by atoms with Crippen LogP contribution in [-0.4, -0.2) is 4.57 Å². The molecule has 0 spiro atoms. The molecule has 0 aliphatic rings. The fraction of sp³-hybridized carbons (Fsp3) is 0. The minimum absolute atomic E-state index is 0.737. The van der Waals surface area contributed by atoms with Gasteiger partial charge in [-0.2, -0.15) is 0 Å². The first-order chi connectivity index (χ1) is 12.2. The lowest BCUT2D eigenvalue weighted by atomic mass is 10.1. The Morgan fingerprint density at radius 1 is 0.680 bits per heavy atom. The molecule has 1 aromatic heterocycles. The largest absolute Gasteiger partial charge is 0.308 e. The Kier molecular flexibility index (Phi) is 4.48. The van der Waals surface area contributed by atoms with E-state index in [0.29, 0.717) is 0 Å². The molecule has 0 aliphatic carbocycles. The van der Waals surface area contributed by atoms with Gasteiger partial charge in [0.15, 0.2) is 0 Å². The van der Waals surface area contributed by atoms with Crippen molar-refractivity contribution < 1.29 is 0 Å². The van der Waals surface area contributed by atoms with E-state index in [0.717, 1.165) is 32.1 Å². The molecule has 4 aromatic rings. The van der Waals surface area contributed by atoms with Crippen LogP contribution in [0.3, 0.4) is 0 Å². The van der Waals surface area contributed by atoms with Gasteiger partial charge in [0, 0.05) is 15.2 Å².